The molecule has 1 aromatic carbocycles. The molecule has 0 fully saturated rings. The van der Waals surface area contributed by atoms with Crippen molar-refractivity contribution in [3.05, 3.63) is 53.3 Å². The van der Waals surface area contributed by atoms with Gasteiger partial charge in [-0.3, -0.25) is 4.98 Å². The van der Waals surface area contributed by atoms with E-state index < -0.39 is 10.0 Å². The summed E-state index contributed by atoms with van der Waals surface area (Å²) in [6.07, 6.45) is 2.71. The number of benzene rings is 1. The maximum absolute atomic E-state index is 12.6. The molecule has 0 aliphatic heterocycles. The van der Waals surface area contributed by atoms with Crippen LogP contribution in [0.25, 0.3) is 0 Å². The van der Waals surface area contributed by atoms with Gasteiger partial charge in [0.2, 0.25) is 10.0 Å². The van der Waals surface area contributed by atoms with Gasteiger partial charge in [-0.15, -0.1) is 0 Å². The lowest BCUT2D eigenvalue weighted by Crippen LogP contribution is -2.30. The van der Waals surface area contributed by atoms with Crippen LogP contribution in [0.15, 0.2) is 47.6 Å². The second-order valence-corrected chi connectivity index (χ2v) is 7.07. The molecule has 1 aromatic heterocycles. The zero-order valence-electron chi connectivity index (χ0n) is 11.7. The molecule has 2 rings (SSSR count). The summed E-state index contributed by atoms with van der Waals surface area (Å²) in [5, 5.41) is 0.561. The fourth-order valence-electron chi connectivity index (χ4n) is 1.95. The summed E-state index contributed by atoms with van der Waals surface area (Å²) in [5.74, 6) is 0. The van der Waals surface area contributed by atoms with Gasteiger partial charge >= 0.3 is 0 Å². The molecule has 2 aromatic rings. The van der Waals surface area contributed by atoms with E-state index in [9.17, 15) is 8.42 Å². The lowest BCUT2D eigenvalue weighted by molar-refractivity contribution is 0.398. The summed E-state index contributed by atoms with van der Waals surface area (Å²) in [5.41, 5.74) is 6.72. The topological polar surface area (TPSA) is 76.3 Å². The molecule has 2 N–H and O–H groups in total. The second kappa shape index (κ2) is 6.01. The van der Waals surface area contributed by atoms with Gasteiger partial charge < -0.3 is 5.73 Å². The van der Waals surface area contributed by atoms with Crippen LogP contribution in [0.4, 0.5) is 5.69 Å². The van der Waals surface area contributed by atoms with E-state index in [-0.39, 0.29) is 16.6 Å². The minimum absolute atomic E-state index is 0.00128. The Balaban J connectivity index is 2.39. The first-order chi connectivity index (χ1) is 9.84. The van der Waals surface area contributed by atoms with Crippen LogP contribution in [0.5, 0.6) is 0 Å². The molecule has 0 aliphatic rings. The molecule has 7 heteroatoms. The highest BCUT2D eigenvalue weighted by molar-refractivity contribution is 7.89. The van der Waals surface area contributed by atoms with Crippen molar-refractivity contribution >= 4 is 27.3 Å². The van der Waals surface area contributed by atoms with Crippen molar-refractivity contribution in [2.24, 2.45) is 0 Å². The Kier molecular flexibility index (Phi) is 4.51. The molecule has 1 heterocycles. The van der Waals surface area contributed by atoms with Crippen molar-refractivity contribution in [3.63, 3.8) is 0 Å². The number of anilines is 1. The lowest BCUT2D eigenvalue weighted by atomic mass is 10.1. The Bertz CT molecular complexity index is 749. The predicted molar refractivity (Wildman–Crippen MR) is 83.5 cm³/mol. The van der Waals surface area contributed by atoms with Crippen molar-refractivity contribution in [1.82, 2.24) is 9.29 Å². The van der Waals surface area contributed by atoms with Gasteiger partial charge in [-0.05, 0) is 30.7 Å². The third-order valence-corrected chi connectivity index (χ3v) is 5.56. The van der Waals surface area contributed by atoms with Crippen LogP contribution < -0.4 is 5.73 Å². The quantitative estimate of drug-likeness (QED) is 0.937. The highest BCUT2D eigenvalue weighted by Gasteiger charge is 2.28. The van der Waals surface area contributed by atoms with E-state index in [0.29, 0.717) is 5.02 Å². The largest absolute Gasteiger partial charge is 0.398 e. The number of nitrogens with zero attached hydrogens (tertiary/aromatic N) is 2. The van der Waals surface area contributed by atoms with E-state index in [1.54, 1.807) is 25.1 Å². The van der Waals surface area contributed by atoms with Gasteiger partial charge in [-0.2, -0.15) is 4.31 Å². The number of hydrogen-bond donors (Lipinski definition) is 1. The van der Waals surface area contributed by atoms with E-state index in [4.69, 9.17) is 17.3 Å². The van der Waals surface area contributed by atoms with E-state index >= 15 is 0 Å². The van der Waals surface area contributed by atoms with E-state index in [0.717, 1.165) is 5.56 Å². The zero-order valence-corrected chi connectivity index (χ0v) is 13.3. The number of nitrogens with two attached hydrogens (primary N) is 1. The molecule has 1 atom stereocenters. The average molecular weight is 326 g/mol. The Morgan fingerprint density at radius 1 is 1.33 bits per heavy atom. The summed E-state index contributed by atoms with van der Waals surface area (Å²) >= 11 is 5.95. The second-order valence-electron chi connectivity index (χ2n) is 4.67. The minimum atomic E-state index is -3.73. The number of halogens is 1. The third kappa shape index (κ3) is 3.18. The highest BCUT2D eigenvalue weighted by atomic mass is 35.5. The first-order valence-electron chi connectivity index (χ1n) is 6.27. The van der Waals surface area contributed by atoms with Gasteiger partial charge in [0.05, 0.1) is 5.69 Å². The SMILES string of the molecule is CC(c1cccc(Cl)c1)N(C)S(=O)(=O)c1cnccc1N. The van der Waals surface area contributed by atoms with E-state index in [1.165, 1.54) is 29.8 Å². The molecule has 0 bridgehead atoms. The maximum Gasteiger partial charge on any atom is 0.246 e. The van der Waals surface area contributed by atoms with Crippen molar-refractivity contribution < 1.29 is 8.42 Å². The Hall–Kier alpha value is -1.63. The molecular formula is C14H16ClN3O2S. The number of hydrogen-bond acceptors (Lipinski definition) is 4. The summed E-state index contributed by atoms with van der Waals surface area (Å²) in [7, 11) is -2.22. The monoisotopic (exact) mass is 325 g/mol. The van der Waals surface area contributed by atoms with Gasteiger partial charge in [0.1, 0.15) is 4.90 Å². The molecule has 1 unspecified atom stereocenters. The molecule has 0 amide bonds. The molecule has 0 saturated heterocycles. The van der Waals surface area contributed by atoms with E-state index in [1.807, 2.05) is 6.07 Å². The number of pyridine rings is 1. The van der Waals surface area contributed by atoms with Gasteiger partial charge in [-0.1, -0.05) is 23.7 Å². The fraction of sp³-hybridized carbons (Fsp3) is 0.214. The highest BCUT2D eigenvalue weighted by Crippen LogP contribution is 2.28. The lowest BCUT2D eigenvalue weighted by Gasteiger charge is -2.25. The van der Waals surface area contributed by atoms with Gasteiger partial charge in [0.15, 0.2) is 0 Å². The molecule has 5 nitrogen and oxygen atoms in total. The van der Waals surface area contributed by atoms with Crippen LogP contribution in [0.3, 0.4) is 0 Å². The number of rotatable bonds is 4. The summed E-state index contributed by atoms with van der Waals surface area (Å²) in [4.78, 5) is 3.83. The molecule has 0 spiro atoms. The fourth-order valence-corrected chi connectivity index (χ4v) is 3.55. The predicted octanol–water partition coefficient (Wildman–Crippen LogP) is 2.70. The molecule has 21 heavy (non-hydrogen) atoms. The molecule has 0 radical (unpaired) electrons. The number of sulfonamides is 1. The average Bonchev–Trinajstić information content (AvgIpc) is 2.46. The van der Waals surface area contributed by atoms with Crippen molar-refractivity contribution in [3.8, 4) is 0 Å². The Labute approximate surface area is 129 Å². The first-order valence-corrected chi connectivity index (χ1v) is 8.09. The smallest absolute Gasteiger partial charge is 0.246 e. The van der Waals surface area contributed by atoms with Crippen LogP contribution in [0, 0.1) is 0 Å². The van der Waals surface area contributed by atoms with Crippen molar-refractivity contribution in [2.45, 2.75) is 17.9 Å². The van der Waals surface area contributed by atoms with Crippen LogP contribution in [-0.4, -0.2) is 24.8 Å². The first kappa shape index (κ1) is 15.8. The van der Waals surface area contributed by atoms with Crippen molar-refractivity contribution in [1.29, 1.82) is 0 Å². The van der Waals surface area contributed by atoms with Crippen LogP contribution in [0.1, 0.15) is 18.5 Å². The summed E-state index contributed by atoms with van der Waals surface area (Å²) in [6, 6.07) is 8.18. The molecule has 112 valence electrons. The minimum Gasteiger partial charge on any atom is -0.398 e. The normalized spacial score (nSPS) is 13.3. The zero-order chi connectivity index (χ0) is 15.6. The number of aromatic nitrogens is 1. The number of nitrogen functional groups attached to an aromatic ring is 1. The molecule has 0 saturated carbocycles. The van der Waals surface area contributed by atoms with Crippen molar-refractivity contribution in [2.75, 3.05) is 12.8 Å². The summed E-state index contributed by atoms with van der Waals surface area (Å²) < 4.78 is 26.5. The standard InChI is InChI=1S/C14H16ClN3O2S/c1-10(11-4-3-5-12(15)8-11)18(2)21(19,20)14-9-17-7-6-13(14)16/h3-10H,1-2H3,(H2,16,17). The Morgan fingerprint density at radius 3 is 2.67 bits per heavy atom. The maximum atomic E-state index is 12.6. The Morgan fingerprint density at radius 2 is 2.05 bits per heavy atom. The summed E-state index contributed by atoms with van der Waals surface area (Å²) in [6.45, 7) is 1.79. The third-order valence-electron chi connectivity index (χ3n) is 3.35. The van der Waals surface area contributed by atoms with Gasteiger partial charge in [0, 0.05) is 30.5 Å². The van der Waals surface area contributed by atoms with Crippen LogP contribution >= 0.6 is 11.6 Å². The van der Waals surface area contributed by atoms with Crippen LogP contribution in [0.2, 0.25) is 5.02 Å². The van der Waals surface area contributed by atoms with E-state index in [2.05, 4.69) is 4.98 Å². The van der Waals surface area contributed by atoms with Gasteiger partial charge in [0.25, 0.3) is 0 Å². The van der Waals surface area contributed by atoms with Crippen LogP contribution in [-0.2, 0) is 10.0 Å². The molecular weight excluding hydrogens is 310 g/mol. The van der Waals surface area contributed by atoms with Gasteiger partial charge in [-0.25, -0.2) is 8.42 Å². The molecule has 0 aliphatic carbocycles.